The van der Waals surface area contributed by atoms with Gasteiger partial charge in [-0.1, -0.05) is 59.7 Å². The van der Waals surface area contributed by atoms with Gasteiger partial charge in [-0.3, -0.25) is 4.79 Å². The van der Waals surface area contributed by atoms with E-state index in [9.17, 15) is 4.79 Å². The molecule has 114 valence electrons. The predicted octanol–water partition coefficient (Wildman–Crippen LogP) is 3.83. The van der Waals surface area contributed by atoms with E-state index >= 15 is 0 Å². The standard InChI is InChI=1S/C18H20O.CO2/c1-13-4-8-16(9-5-13)18(12-15(3)19)17-10-6-14(2)7-11-17;2-1-3/h4-11,18H,12H2,1-3H3;. The number of carbonyl (C=O) groups is 1. The number of ketones is 1. The van der Waals surface area contributed by atoms with Crippen molar-refractivity contribution in [3.63, 3.8) is 0 Å². The van der Waals surface area contributed by atoms with Gasteiger partial charge in [-0.15, -0.1) is 0 Å². The average molecular weight is 296 g/mol. The third-order valence-corrected chi connectivity index (χ3v) is 3.45. The van der Waals surface area contributed by atoms with E-state index < -0.39 is 0 Å². The molecule has 0 heterocycles. The van der Waals surface area contributed by atoms with Crippen molar-refractivity contribution in [3.8, 4) is 0 Å². The van der Waals surface area contributed by atoms with E-state index in [-0.39, 0.29) is 17.9 Å². The largest absolute Gasteiger partial charge is 0.373 e. The number of hydrogen-bond acceptors (Lipinski definition) is 3. The van der Waals surface area contributed by atoms with Crippen LogP contribution in [0.2, 0.25) is 0 Å². The quantitative estimate of drug-likeness (QED) is 0.861. The molecule has 0 aliphatic rings. The molecule has 0 bridgehead atoms. The van der Waals surface area contributed by atoms with Gasteiger partial charge in [0.05, 0.1) is 0 Å². The van der Waals surface area contributed by atoms with Crippen LogP contribution >= 0.6 is 0 Å². The summed E-state index contributed by atoms with van der Waals surface area (Å²) in [6, 6.07) is 16.9. The Morgan fingerprint density at radius 2 is 1.18 bits per heavy atom. The molecule has 0 spiro atoms. The van der Waals surface area contributed by atoms with Crippen molar-refractivity contribution in [2.75, 3.05) is 0 Å². The fraction of sp³-hybridized carbons (Fsp3) is 0.263. The van der Waals surface area contributed by atoms with Crippen molar-refractivity contribution < 1.29 is 14.4 Å². The van der Waals surface area contributed by atoms with Crippen molar-refractivity contribution in [2.45, 2.75) is 33.1 Å². The lowest BCUT2D eigenvalue weighted by atomic mass is 9.86. The zero-order valence-electron chi connectivity index (χ0n) is 13.1. The maximum absolute atomic E-state index is 11.5. The second-order valence-corrected chi connectivity index (χ2v) is 5.36. The predicted molar refractivity (Wildman–Crippen MR) is 84.5 cm³/mol. The molecule has 3 heteroatoms. The van der Waals surface area contributed by atoms with Crippen LogP contribution < -0.4 is 0 Å². The van der Waals surface area contributed by atoms with E-state index in [4.69, 9.17) is 9.59 Å². The number of benzene rings is 2. The topological polar surface area (TPSA) is 51.2 Å². The molecule has 0 amide bonds. The highest BCUT2D eigenvalue weighted by Crippen LogP contribution is 2.28. The first-order valence-corrected chi connectivity index (χ1v) is 7.09. The monoisotopic (exact) mass is 296 g/mol. The van der Waals surface area contributed by atoms with Crippen LogP contribution in [0.1, 0.15) is 41.5 Å². The van der Waals surface area contributed by atoms with Crippen LogP contribution in [-0.2, 0) is 14.4 Å². The Labute approximate surface area is 131 Å². The maximum Gasteiger partial charge on any atom is 0.373 e. The SMILES string of the molecule is CC(=O)CC(c1ccc(C)cc1)c1ccc(C)cc1.O=C=O. The van der Waals surface area contributed by atoms with Gasteiger partial charge in [0.1, 0.15) is 5.78 Å². The molecule has 0 radical (unpaired) electrons. The van der Waals surface area contributed by atoms with Gasteiger partial charge in [0.15, 0.2) is 0 Å². The minimum atomic E-state index is 0.165. The summed E-state index contributed by atoms with van der Waals surface area (Å²) in [4.78, 5) is 27.8. The molecule has 0 atom stereocenters. The third-order valence-electron chi connectivity index (χ3n) is 3.45. The average Bonchev–Trinajstić information content (AvgIpc) is 2.47. The van der Waals surface area contributed by atoms with Crippen LogP contribution in [0.5, 0.6) is 0 Å². The van der Waals surface area contributed by atoms with Crippen molar-refractivity contribution in [1.29, 1.82) is 0 Å². The molecule has 3 nitrogen and oxygen atoms in total. The van der Waals surface area contributed by atoms with E-state index in [2.05, 4.69) is 62.4 Å². The normalized spacial score (nSPS) is 9.64. The summed E-state index contributed by atoms with van der Waals surface area (Å²) in [6.45, 7) is 5.82. The molecular weight excluding hydrogens is 276 g/mol. The summed E-state index contributed by atoms with van der Waals surface area (Å²) in [6.07, 6.45) is 0.812. The van der Waals surface area contributed by atoms with Gasteiger partial charge in [-0.2, -0.15) is 9.59 Å². The molecule has 2 rings (SSSR count). The lowest BCUT2D eigenvalue weighted by Crippen LogP contribution is -2.06. The Bertz CT molecular complexity index is 588. The lowest BCUT2D eigenvalue weighted by Gasteiger charge is -2.17. The van der Waals surface area contributed by atoms with Crippen LogP contribution in [-0.4, -0.2) is 11.9 Å². The number of rotatable bonds is 4. The molecule has 0 fully saturated rings. The van der Waals surface area contributed by atoms with Crippen molar-refractivity contribution >= 4 is 11.9 Å². The van der Waals surface area contributed by atoms with Crippen LogP contribution in [0.4, 0.5) is 0 Å². The molecule has 0 aliphatic carbocycles. The van der Waals surface area contributed by atoms with E-state index in [1.54, 1.807) is 6.92 Å². The van der Waals surface area contributed by atoms with Crippen molar-refractivity contribution in [3.05, 3.63) is 70.8 Å². The fourth-order valence-corrected chi connectivity index (χ4v) is 2.31. The Morgan fingerprint density at radius 1 is 0.864 bits per heavy atom. The first-order chi connectivity index (χ1) is 10.5. The zero-order chi connectivity index (χ0) is 16.5. The fourth-order valence-electron chi connectivity index (χ4n) is 2.31. The minimum absolute atomic E-state index is 0.165. The Hall–Kier alpha value is -2.51. The van der Waals surface area contributed by atoms with Gasteiger partial charge < -0.3 is 0 Å². The summed E-state index contributed by atoms with van der Waals surface area (Å²) in [5.41, 5.74) is 4.91. The number of Topliss-reactive ketones (excluding diaryl/α,β-unsaturated/α-hetero) is 1. The smallest absolute Gasteiger partial charge is 0.300 e. The second-order valence-electron chi connectivity index (χ2n) is 5.36. The summed E-state index contributed by atoms with van der Waals surface area (Å²) in [5, 5.41) is 0. The molecule has 2 aromatic carbocycles. The van der Waals surface area contributed by atoms with Gasteiger partial charge in [0, 0.05) is 12.3 Å². The number of carbonyl (C=O) groups excluding carboxylic acids is 3. The highest BCUT2D eigenvalue weighted by atomic mass is 16.2. The highest BCUT2D eigenvalue weighted by Gasteiger charge is 2.16. The Morgan fingerprint density at radius 3 is 1.45 bits per heavy atom. The van der Waals surface area contributed by atoms with E-state index in [0.717, 1.165) is 0 Å². The molecule has 0 unspecified atom stereocenters. The maximum atomic E-state index is 11.5. The van der Waals surface area contributed by atoms with E-state index in [1.165, 1.54) is 22.3 Å². The van der Waals surface area contributed by atoms with Gasteiger partial charge in [-0.05, 0) is 31.9 Å². The number of aryl methyl sites for hydroxylation is 2. The van der Waals surface area contributed by atoms with E-state index in [0.29, 0.717) is 6.42 Å². The minimum Gasteiger partial charge on any atom is -0.300 e. The van der Waals surface area contributed by atoms with Gasteiger partial charge in [0.25, 0.3) is 0 Å². The highest BCUT2D eigenvalue weighted by molar-refractivity contribution is 5.77. The van der Waals surface area contributed by atoms with Gasteiger partial charge >= 0.3 is 6.15 Å². The molecule has 22 heavy (non-hydrogen) atoms. The molecule has 0 saturated heterocycles. The zero-order valence-corrected chi connectivity index (χ0v) is 13.1. The molecule has 0 saturated carbocycles. The summed E-state index contributed by atoms with van der Waals surface area (Å²) < 4.78 is 0. The summed E-state index contributed by atoms with van der Waals surface area (Å²) in [7, 11) is 0. The molecule has 0 aliphatic heterocycles. The summed E-state index contributed by atoms with van der Waals surface area (Å²) in [5.74, 6) is 0.393. The third kappa shape index (κ3) is 5.47. The molecular formula is C19H20O3. The van der Waals surface area contributed by atoms with Crippen LogP contribution in [0.15, 0.2) is 48.5 Å². The Kier molecular flexibility index (Phi) is 6.94. The first kappa shape index (κ1) is 17.5. The Balaban J connectivity index is 0.000000745. The van der Waals surface area contributed by atoms with Crippen molar-refractivity contribution in [2.24, 2.45) is 0 Å². The lowest BCUT2D eigenvalue weighted by molar-refractivity contribution is -0.191. The molecule has 2 aromatic rings. The number of hydrogen-bond donors (Lipinski definition) is 0. The summed E-state index contributed by atoms with van der Waals surface area (Å²) >= 11 is 0. The van der Waals surface area contributed by atoms with E-state index in [1.807, 2.05) is 0 Å². The van der Waals surface area contributed by atoms with Crippen LogP contribution in [0.25, 0.3) is 0 Å². The van der Waals surface area contributed by atoms with Crippen LogP contribution in [0, 0.1) is 13.8 Å². The first-order valence-electron chi connectivity index (χ1n) is 7.09. The second kappa shape index (κ2) is 8.71. The molecule has 0 N–H and O–H groups in total. The van der Waals surface area contributed by atoms with Crippen LogP contribution in [0.3, 0.4) is 0 Å². The van der Waals surface area contributed by atoms with Gasteiger partial charge in [0.2, 0.25) is 0 Å². The van der Waals surface area contributed by atoms with Crippen molar-refractivity contribution in [1.82, 2.24) is 0 Å². The van der Waals surface area contributed by atoms with Gasteiger partial charge in [-0.25, -0.2) is 0 Å². The molecule has 0 aromatic heterocycles.